The number of carbonyl (C=O) groups excluding carboxylic acids is 3. The number of nitrogens with zero attached hydrogens (tertiary/aromatic N) is 1. The van der Waals surface area contributed by atoms with Crippen LogP contribution in [0.25, 0.3) is 6.08 Å². The van der Waals surface area contributed by atoms with Gasteiger partial charge in [-0.2, -0.15) is 0 Å². The second-order valence-corrected chi connectivity index (χ2v) is 7.05. The van der Waals surface area contributed by atoms with Gasteiger partial charge < -0.3 is 9.73 Å². The topological polar surface area (TPSA) is 79.6 Å². The zero-order valence-electron chi connectivity index (χ0n) is 13.2. The first kappa shape index (κ1) is 18.6. The second-order valence-electron chi connectivity index (χ2n) is 5.24. The van der Waals surface area contributed by atoms with Crippen LogP contribution in [0.4, 0.5) is 4.79 Å². The summed E-state index contributed by atoms with van der Waals surface area (Å²) in [5.74, 6) is -0.662. The molecule has 0 saturated carbocycles. The van der Waals surface area contributed by atoms with Crippen LogP contribution in [0.3, 0.4) is 0 Å². The number of hydrogen-bond acceptors (Lipinski definition) is 5. The van der Waals surface area contributed by atoms with Crippen LogP contribution in [0.2, 0.25) is 10.0 Å². The molecule has 1 aliphatic heterocycles. The zero-order valence-corrected chi connectivity index (χ0v) is 15.5. The number of halogens is 2. The summed E-state index contributed by atoms with van der Waals surface area (Å²) in [4.78, 5) is 37.6. The van der Waals surface area contributed by atoms with Crippen molar-refractivity contribution in [1.82, 2.24) is 10.2 Å². The summed E-state index contributed by atoms with van der Waals surface area (Å²) in [7, 11) is 0. The molecule has 6 nitrogen and oxygen atoms in total. The van der Waals surface area contributed by atoms with Crippen molar-refractivity contribution in [3.63, 3.8) is 0 Å². The fourth-order valence-electron chi connectivity index (χ4n) is 2.22. The van der Waals surface area contributed by atoms with Gasteiger partial charge in [-0.05, 0) is 47.7 Å². The molecule has 2 aromatic rings. The van der Waals surface area contributed by atoms with Crippen LogP contribution in [0, 0.1) is 0 Å². The molecule has 0 bridgehead atoms. The van der Waals surface area contributed by atoms with E-state index in [0.717, 1.165) is 16.7 Å². The van der Waals surface area contributed by atoms with Crippen LogP contribution in [0.15, 0.2) is 45.9 Å². The second kappa shape index (κ2) is 7.99. The molecule has 1 aromatic heterocycles. The Bertz CT molecular complexity index is 896. The summed E-state index contributed by atoms with van der Waals surface area (Å²) in [5, 5.41) is 2.96. The first-order chi connectivity index (χ1) is 12.5. The third-order valence-corrected chi connectivity index (χ3v) is 5.13. The minimum atomic E-state index is -0.418. The largest absolute Gasteiger partial charge is 0.459 e. The molecule has 1 saturated heterocycles. The third-order valence-electron chi connectivity index (χ3n) is 3.48. The summed E-state index contributed by atoms with van der Waals surface area (Å²) in [6.45, 7) is 0.188. The lowest BCUT2D eigenvalue weighted by atomic mass is 10.2. The fourth-order valence-corrected chi connectivity index (χ4v) is 3.39. The van der Waals surface area contributed by atoms with Gasteiger partial charge in [0.15, 0.2) is 5.76 Å². The van der Waals surface area contributed by atoms with Crippen molar-refractivity contribution in [2.75, 3.05) is 13.1 Å². The van der Waals surface area contributed by atoms with E-state index in [2.05, 4.69) is 5.32 Å². The van der Waals surface area contributed by atoms with Crippen molar-refractivity contribution in [3.8, 4) is 0 Å². The Morgan fingerprint density at radius 2 is 2.04 bits per heavy atom. The van der Waals surface area contributed by atoms with Crippen LogP contribution in [-0.2, 0) is 4.79 Å². The number of carbonyl (C=O) groups is 3. The van der Waals surface area contributed by atoms with Gasteiger partial charge in [-0.1, -0.05) is 29.3 Å². The van der Waals surface area contributed by atoms with Crippen molar-refractivity contribution in [1.29, 1.82) is 0 Å². The number of thioether (sulfide) groups is 1. The van der Waals surface area contributed by atoms with Gasteiger partial charge >= 0.3 is 0 Å². The van der Waals surface area contributed by atoms with E-state index in [9.17, 15) is 14.4 Å². The van der Waals surface area contributed by atoms with Gasteiger partial charge in [0, 0.05) is 13.1 Å². The molecule has 0 unspecified atom stereocenters. The molecule has 3 rings (SSSR count). The van der Waals surface area contributed by atoms with E-state index in [1.165, 1.54) is 12.3 Å². The molecule has 1 fully saturated rings. The molecule has 9 heteroatoms. The summed E-state index contributed by atoms with van der Waals surface area (Å²) in [5.41, 5.74) is 0.663. The Hall–Kier alpha value is -2.22. The molecule has 1 aliphatic rings. The lowest BCUT2D eigenvalue weighted by Crippen LogP contribution is -2.37. The number of amides is 3. The van der Waals surface area contributed by atoms with E-state index < -0.39 is 17.1 Å². The standard InChI is InChI=1S/C17H12Cl2N2O4S/c18-11-4-3-10(8-12(11)19)9-14-16(23)21(17(24)26-14)6-5-20-15(22)13-2-1-7-25-13/h1-4,7-9H,5-6H2,(H,20,22)/b14-9+. The monoisotopic (exact) mass is 410 g/mol. The molecule has 0 aliphatic carbocycles. The van der Waals surface area contributed by atoms with Crippen LogP contribution in [0.5, 0.6) is 0 Å². The summed E-state index contributed by atoms with van der Waals surface area (Å²) in [6, 6.07) is 8.05. The smallest absolute Gasteiger partial charge is 0.293 e. The summed E-state index contributed by atoms with van der Waals surface area (Å²) in [6.07, 6.45) is 2.97. The fraction of sp³-hybridized carbons (Fsp3) is 0.118. The average Bonchev–Trinajstić information content (AvgIpc) is 3.22. The maximum atomic E-state index is 12.4. The lowest BCUT2D eigenvalue weighted by Gasteiger charge is -2.12. The molecule has 1 aromatic carbocycles. The molecule has 0 radical (unpaired) electrons. The highest BCUT2D eigenvalue weighted by Crippen LogP contribution is 2.33. The minimum Gasteiger partial charge on any atom is -0.459 e. The van der Waals surface area contributed by atoms with E-state index >= 15 is 0 Å². The first-order valence-corrected chi connectivity index (χ1v) is 9.05. The molecule has 1 N–H and O–H groups in total. The van der Waals surface area contributed by atoms with Gasteiger partial charge in [-0.25, -0.2) is 0 Å². The molecule has 3 amide bonds. The molecular weight excluding hydrogens is 399 g/mol. The van der Waals surface area contributed by atoms with Crippen LogP contribution in [-0.4, -0.2) is 35.0 Å². The van der Waals surface area contributed by atoms with Gasteiger partial charge in [0.05, 0.1) is 21.2 Å². The minimum absolute atomic E-state index is 0.0653. The van der Waals surface area contributed by atoms with E-state index in [-0.39, 0.29) is 23.8 Å². The Balaban J connectivity index is 1.62. The van der Waals surface area contributed by atoms with Gasteiger partial charge in [0.1, 0.15) is 0 Å². The number of furan rings is 1. The molecule has 0 spiro atoms. The Kier molecular flexibility index (Phi) is 5.70. The summed E-state index contributed by atoms with van der Waals surface area (Å²) < 4.78 is 4.97. The van der Waals surface area contributed by atoms with Gasteiger partial charge in [-0.3, -0.25) is 19.3 Å². The van der Waals surface area contributed by atoms with Crippen molar-refractivity contribution < 1.29 is 18.8 Å². The van der Waals surface area contributed by atoms with E-state index in [1.54, 1.807) is 30.3 Å². The van der Waals surface area contributed by atoms with Crippen molar-refractivity contribution in [3.05, 3.63) is 62.9 Å². The lowest BCUT2D eigenvalue weighted by molar-refractivity contribution is -0.122. The average molecular weight is 411 g/mol. The normalized spacial score (nSPS) is 15.8. The Morgan fingerprint density at radius 1 is 1.23 bits per heavy atom. The number of nitrogens with one attached hydrogen (secondary N) is 1. The predicted molar refractivity (Wildman–Crippen MR) is 100 cm³/mol. The molecule has 26 heavy (non-hydrogen) atoms. The molecule has 134 valence electrons. The van der Waals surface area contributed by atoms with Gasteiger partial charge in [0.25, 0.3) is 17.1 Å². The van der Waals surface area contributed by atoms with Gasteiger partial charge in [0.2, 0.25) is 0 Å². The highest BCUT2D eigenvalue weighted by molar-refractivity contribution is 8.18. The number of benzene rings is 1. The first-order valence-electron chi connectivity index (χ1n) is 7.48. The van der Waals surface area contributed by atoms with Crippen LogP contribution in [0.1, 0.15) is 16.1 Å². The highest BCUT2D eigenvalue weighted by Gasteiger charge is 2.34. The number of imide groups is 1. The van der Waals surface area contributed by atoms with E-state index in [1.807, 2.05) is 0 Å². The number of rotatable bonds is 5. The Labute approximate surface area is 163 Å². The van der Waals surface area contributed by atoms with Crippen molar-refractivity contribution in [2.45, 2.75) is 0 Å². The predicted octanol–water partition coefficient (Wildman–Crippen LogP) is 4.05. The van der Waals surface area contributed by atoms with E-state index in [0.29, 0.717) is 15.6 Å². The Morgan fingerprint density at radius 3 is 2.73 bits per heavy atom. The molecular formula is C17H12Cl2N2O4S. The quantitative estimate of drug-likeness (QED) is 0.751. The summed E-state index contributed by atoms with van der Waals surface area (Å²) >= 11 is 12.7. The maximum absolute atomic E-state index is 12.4. The van der Waals surface area contributed by atoms with Crippen molar-refractivity contribution in [2.24, 2.45) is 0 Å². The number of hydrogen-bond donors (Lipinski definition) is 1. The third kappa shape index (κ3) is 4.12. The van der Waals surface area contributed by atoms with Crippen molar-refractivity contribution >= 4 is 58.1 Å². The maximum Gasteiger partial charge on any atom is 0.293 e. The van der Waals surface area contributed by atoms with E-state index in [4.69, 9.17) is 27.6 Å². The van der Waals surface area contributed by atoms with Crippen LogP contribution < -0.4 is 5.32 Å². The molecule has 2 heterocycles. The van der Waals surface area contributed by atoms with Crippen LogP contribution >= 0.6 is 35.0 Å². The SMILES string of the molecule is O=C(NCCN1C(=O)S/C(=C/c2ccc(Cl)c(Cl)c2)C1=O)c1ccco1. The van der Waals surface area contributed by atoms with Gasteiger partial charge in [-0.15, -0.1) is 0 Å². The zero-order chi connectivity index (χ0) is 18.7. The molecule has 0 atom stereocenters. The highest BCUT2D eigenvalue weighted by atomic mass is 35.5.